The maximum absolute atomic E-state index is 14.4. The Labute approximate surface area is 292 Å². The minimum atomic E-state index is -3.87. The second kappa shape index (κ2) is 14.1. The number of aromatic nitrogens is 3. The second-order valence-corrected chi connectivity index (χ2v) is 15.9. The van der Waals surface area contributed by atoms with Crippen molar-refractivity contribution in [3.05, 3.63) is 54.2 Å². The number of amides is 1. The fourth-order valence-electron chi connectivity index (χ4n) is 7.24. The Morgan fingerprint density at radius 3 is 2.46 bits per heavy atom. The molecule has 16 heteroatoms. The van der Waals surface area contributed by atoms with Crippen LogP contribution in [0.3, 0.4) is 0 Å². The lowest BCUT2D eigenvalue weighted by molar-refractivity contribution is -0.239. The van der Waals surface area contributed by atoms with E-state index in [2.05, 4.69) is 29.5 Å². The van der Waals surface area contributed by atoms with Crippen molar-refractivity contribution < 1.29 is 36.6 Å². The molecule has 2 atom stereocenters. The number of sulfonamides is 1. The first-order valence-corrected chi connectivity index (χ1v) is 18.5. The Hall–Kier alpha value is -3.70. The Morgan fingerprint density at radius 1 is 1.12 bits per heavy atom. The second-order valence-electron chi connectivity index (χ2n) is 14.3. The number of nitrogens with one attached hydrogen (secondary N) is 1. The van der Waals surface area contributed by atoms with Gasteiger partial charge in [0.2, 0.25) is 0 Å². The van der Waals surface area contributed by atoms with Crippen molar-refractivity contribution in [1.29, 1.82) is 0 Å². The molecule has 14 nitrogen and oxygen atoms in total. The number of ether oxygens (including phenoxy) is 2. The van der Waals surface area contributed by atoms with Crippen molar-refractivity contribution in [1.82, 2.24) is 29.5 Å². The van der Waals surface area contributed by atoms with Gasteiger partial charge in [0.1, 0.15) is 17.9 Å². The number of nitrogens with zero attached hydrogens (tertiary/aromatic N) is 6. The molecule has 3 aliphatic heterocycles. The number of hydrogen-bond acceptors (Lipinski definition) is 12. The van der Waals surface area contributed by atoms with Gasteiger partial charge in [-0.15, -0.1) is 0 Å². The fourth-order valence-corrected chi connectivity index (χ4v) is 8.40. The number of likely N-dealkylation sites (tertiary alicyclic amines) is 1. The van der Waals surface area contributed by atoms with Crippen LogP contribution >= 0.6 is 0 Å². The highest BCUT2D eigenvalue weighted by atomic mass is 32.2. The SMILES string of the molecule is Cc1ncc(S(=O)(=O)N[C@@H]2CC[C@](O)(CN3CCC4(CC3)CN(c3ncncc3Oc3ccc(F)cc3C(=O)N(C(C)C)C(C)C)C4)OC2)o1. The van der Waals surface area contributed by atoms with Gasteiger partial charge in [0.05, 0.1) is 31.1 Å². The van der Waals surface area contributed by atoms with Crippen LogP contribution in [-0.4, -0.2) is 107 Å². The molecule has 3 fully saturated rings. The van der Waals surface area contributed by atoms with Gasteiger partial charge in [-0.1, -0.05) is 0 Å². The van der Waals surface area contributed by atoms with Crippen molar-refractivity contribution in [3.63, 3.8) is 0 Å². The van der Waals surface area contributed by atoms with Crippen molar-refractivity contribution in [2.45, 2.75) is 89.3 Å². The van der Waals surface area contributed by atoms with E-state index in [1.54, 1.807) is 18.0 Å². The number of aliphatic hydroxyl groups is 1. The number of oxazole rings is 1. The summed E-state index contributed by atoms with van der Waals surface area (Å²) >= 11 is 0. The normalized spacial score (nSPS) is 22.6. The first kappa shape index (κ1) is 36.1. The molecule has 272 valence electrons. The minimum absolute atomic E-state index is 0.0419. The van der Waals surface area contributed by atoms with Gasteiger partial charge >= 0.3 is 0 Å². The summed E-state index contributed by atoms with van der Waals surface area (Å²) < 4.78 is 59.4. The van der Waals surface area contributed by atoms with Gasteiger partial charge in [-0.25, -0.2) is 32.5 Å². The van der Waals surface area contributed by atoms with Crippen molar-refractivity contribution in [2.75, 3.05) is 44.2 Å². The Kier molecular flexibility index (Phi) is 10.2. The zero-order chi connectivity index (χ0) is 35.8. The standard InChI is InChI=1S/C34H46FN7O7S/c1-22(2)42(23(3)4)32(43)27-14-25(35)6-7-28(27)49-29-15-36-21-38-31(29)41-18-33(19-41)10-12-40(13-11-33)20-34(44)9-8-26(17-47-34)39-50(45,46)30-16-37-24(5)48-30/h6-7,14-16,21-23,26,39,44H,8-13,17-20H2,1-5H3/t26-,34-/m1/s1. The van der Waals surface area contributed by atoms with E-state index in [1.165, 1.54) is 30.7 Å². The molecule has 3 aliphatic rings. The molecule has 0 saturated carbocycles. The monoisotopic (exact) mass is 715 g/mol. The molecular formula is C34H46FN7O7S. The van der Waals surface area contributed by atoms with Crippen molar-refractivity contribution in [3.8, 4) is 11.5 Å². The zero-order valence-electron chi connectivity index (χ0n) is 29.1. The lowest BCUT2D eigenvalue weighted by Gasteiger charge is -2.55. The van der Waals surface area contributed by atoms with E-state index in [-0.39, 0.29) is 58.7 Å². The fraction of sp³-hybridized carbons (Fsp3) is 0.588. The first-order valence-electron chi connectivity index (χ1n) is 17.0. The lowest BCUT2D eigenvalue weighted by atomic mass is 9.72. The third kappa shape index (κ3) is 7.78. The molecule has 1 spiro atoms. The number of hydrogen-bond donors (Lipinski definition) is 2. The Balaban J connectivity index is 1.03. The molecule has 1 amide bonds. The summed E-state index contributed by atoms with van der Waals surface area (Å²) in [5.41, 5.74) is 0.208. The molecule has 5 heterocycles. The molecule has 0 aliphatic carbocycles. The maximum atomic E-state index is 14.4. The quantitative estimate of drug-likeness (QED) is 0.296. The summed E-state index contributed by atoms with van der Waals surface area (Å²) in [5, 5.41) is 11.0. The number of piperidine rings is 1. The lowest BCUT2D eigenvalue weighted by Crippen LogP contribution is -2.62. The predicted octanol–water partition coefficient (Wildman–Crippen LogP) is 3.71. The summed E-state index contributed by atoms with van der Waals surface area (Å²) in [4.78, 5) is 32.1. The number of benzene rings is 1. The summed E-state index contributed by atoms with van der Waals surface area (Å²) in [6.07, 6.45) is 6.72. The van der Waals surface area contributed by atoms with E-state index >= 15 is 0 Å². The highest BCUT2D eigenvalue weighted by Gasteiger charge is 2.47. The van der Waals surface area contributed by atoms with Crippen LogP contribution in [0.1, 0.15) is 69.6 Å². The van der Waals surface area contributed by atoms with E-state index in [4.69, 9.17) is 13.9 Å². The third-order valence-electron chi connectivity index (χ3n) is 9.76. The van der Waals surface area contributed by atoms with Crippen LogP contribution in [0.2, 0.25) is 0 Å². The van der Waals surface area contributed by atoms with Crippen LogP contribution < -0.4 is 14.4 Å². The highest BCUT2D eigenvalue weighted by Crippen LogP contribution is 2.45. The number of rotatable bonds is 11. The molecule has 6 rings (SSSR count). The number of β-amino-alcohol motifs (C(OH)–C–C–N with tert-alkyl or cyclic N) is 1. The summed E-state index contributed by atoms with van der Waals surface area (Å²) in [5.74, 6) is -0.724. The van der Waals surface area contributed by atoms with E-state index in [9.17, 15) is 22.7 Å². The van der Waals surface area contributed by atoms with Gasteiger partial charge in [-0.3, -0.25) is 9.69 Å². The van der Waals surface area contributed by atoms with Crippen LogP contribution in [-0.2, 0) is 14.8 Å². The van der Waals surface area contributed by atoms with Crippen LogP contribution in [0, 0.1) is 18.2 Å². The average molecular weight is 716 g/mol. The summed E-state index contributed by atoms with van der Waals surface area (Å²) in [7, 11) is -3.87. The van der Waals surface area contributed by atoms with Crippen LogP contribution in [0.15, 0.2) is 46.4 Å². The highest BCUT2D eigenvalue weighted by molar-refractivity contribution is 7.89. The van der Waals surface area contributed by atoms with Gasteiger partial charge in [-0.2, -0.15) is 0 Å². The van der Waals surface area contributed by atoms with Gasteiger partial charge in [-0.05, 0) is 78.2 Å². The molecule has 50 heavy (non-hydrogen) atoms. The van der Waals surface area contributed by atoms with E-state index < -0.39 is 27.7 Å². The Morgan fingerprint density at radius 2 is 1.84 bits per heavy atom. The van der Waals surface area contributed by atoms with E-state index in [0.29, 0.717) is 24.5 Å². The molecule has 1 aromatic carbocycles. The number of aryl methyl sites for hydroxylation is 1. The van der Waals surface area contributed by atoms with Crippen LogP contribution in [0.25, 0.3) is 0 Å². The zero-order valence-corrected chi connectivity index (χ0v) is 29.9. The largest absolute Gasteiger partial charge is 0.451 e. The molecule has 2 aromatic heterocycles. The molecule has 0 unspecified atom stereocenters. The average Bonchev–Trinajstić information content (AvgIpc) is 3.50. The number of carbonyl (C=O) groups is 1. The van der Waals surface area contributed by atoms with E-state index in [0.717, 1.165) is 39.0 Å². The predicted molar refractivity (Wildman–Crippen MR) is 181 cm³/mol. The van der Waals surface area contributed by atoms with Crippen LogP contribution in [0.4, 0.5) is 10.2 Å². The van der Waals surface area contributed by atoms with Gasteiger partial charge in [0.25, 0.3) is 21.0 Å². The Bertz CT molecular complexity index is 1770. The molecule has 3 aromatic rings. The van der Waals surface area contributed by atoms with Crippen molar-refractivity contribution >= 4 is 21.7 Å². The summed E-state index contributed by atoms with van der Waals surface area (Å²) in [6.45, 7) is 12.7. The minimum Gasteiger partial charge on any atom is -0.451 e. The first-order chi connectivity index (χ1) is 23.7. The maximum Gasteiger partial charge on any atom is 0.275 e. The van der Waals surface area contributed by atoms with E-state index in [1.807, 2.05) is 27.7 Å². The molecular weight excluding hydrogens is 669 g/mol. The van der Waals surface area contributed by atoms with Gasteiger partial charge in [0, 0.05) is 50.0 Å². The number of halogens is 1. The smallest absolute Gasteiger partial charge is 0.275 e. The third-order valence-corrected chi connectivity index (χ3v) is 11.1. The number of carbonyl (C=O) groups excluding carboxylic acids is 1. The molecule has 0 radical (unpaired) electrons. The molecule has 3 saturated heterocycles. The summed E-state index contributed by atoms with van der Waals surface area (Å²) in [6, 6.07) is 3.28. The van der Waals surface area contributed by atoms with Crippen molar-refractivity contribution in [2.24, 2.45) is 5.41 Å². The molecule has 2 N–H and O–H groups in total. The van der Waals surface area contributed by atoms with Gasteiger partial charge in [0.15, 0.2) is 23.2 Å². The molecule has 0 bridgehead atoms. The van der Waals surface area contributed by atoms with Gasteiger partial charge < -0.3 is 28.8 Å². The van der Waals surface area contributed by atoms with Crippen LogP contribution in [0.5, 0.6) is 11.5 Å². The number of anilines is 1. The topological polar surface area (TPSA) is 163 Å².